The van der Waals surface area contributed by atoms with Gasteiger partial charge in [-0.1, -0.05) is 0 Å². The van der Waals surface area contributed by atoms with Gasteiger partial charge in [-0.25, -0.2) is 0 Å². The highest BCUT2D eigenvalue weighted by atomic mass is 16.7. The first-order chi connectivity index (χ1) is 20.3. The average molecular weight is 624 g/mol. The lowest BCUT2D eigenvalue weighted by molar-refractivity contribution is -0.316. The molecule has 18 nitrogen and oxygen atoms in total. The van der Waals surface area contributed by atoms with Crippen molar-refractivity contribution in [2.75, 3.05) is 26.2 Å². The number of amides is 1. The van der Waals surface area contributed by atoms with Crippen LogP contribution in [0.1, 0.15) is 25.7 Å². The second-order valence-electron chi connectivity index (χ2n) is 12.0. The number of ether oxygens (including phenoxy) is 4. The second-order valence-corrected chi connectivity index (χ2v) is 12.0. The van der Waals surface area contributed by atoms with Gasteiger partial charge in [-0.2, -0.15) is 0 Å². The molecule has 2 heterocycles. The van der Waals surface area contributed by atoms with Crippen LogP contribution in [-0.4, -0.2) is 160 Å². The quantitative estimate of drug-likeness (QED) is 0.0897. The fourth-order valence-electron chi connectivity index (χ4n) is 5.80. The Hall–Kier alpha value is -1.17. The third kappa shape index (κ3) is 7.63. The SMILES string of the molecule is NCCCNC[C@H]1O[C@H](OC2[C@@H](N)C[C@@H](NC(=O)C3(O)CC3N)[C@H](O[C@H]3O[C@H](CO)[C@@H](O)[C@H](N)[C@H]3O)[C@H]2O)[C@H](N)C[C@@H]1O. The summed E-state index contributed by atoms with van der Waals surface area (Å²) in [6.07, 6.45) is -11.6. The van der Waals surface area contributed by atoms with Gasteiger partial charge in [0.2, 0.25) is 0 Å². The van der Waals surface area contributed by atoms with Crippen LogP contribution in [0.15, 0.2) is 0 Å². The standard InChI is InChI=1S/C25H49N7O11/c26-2-1-3-31-7-13-12(34)5-10(28)22(40-13)42-20-9(27)4-11(32-24(38)25(39)6-15(25)29)21(19(20)37)43-23-18(36)16(30)17(35)14(8-33)41-23/h9-23,31,33-37,39H,1-8,26-30H2,(H,32,38)/t9-,10+,11+,12-,13+,14+,15?,16-,17+,18+,19-,20?,21-,22+,23+,25?/m0/s1. The van der Waals surface area contributed by atoms with Gasteiger partial charge in [-0.15, -0.1) is 0 Å². The Balaban J connectivity index is 1.51. The number of carbonyl (C=O) groups is 1. The van der Waals surface area contributed by atoms with E-state index in [1.54, 1.807) is 0 Å². The molecule has 0 spiro atoms. The van der Waals surface area contributed by atoms with E-state index in [0.29, 0.717) is 19.6 Å². The number of hydrogen-bond donors (Lipinski definition) is 13. The number of aliphatic hydroxyl groups excluding tert-OH is 5. The fourth-order valence-corrected chi connectivity index (χ4v) is 5.80. The molecule has 0 radical (unpaired) electrons. The maximum atomic E-state index is 12.9. The normalized spacial score (nSPS) is 48.6. The van der Waals surface area contributed by atoms with Crippen LogP contribution >= 0.6 is 0 Å². The van der Waals surface area contributed by atoms with Crippen molar-refractivity contribution in [3.8, 4) is 0 Å². The molecule has 2 saturated carbocycles. The maximum absolute atomic E-state index is 12.9. The first kappa shape index (κ1) is 34.7. The van der Waals surface area contributed by atoms with E-state index in [0.717, 1.165) is 6.42 Å². The van der Waals surface area contributed by atoms with Crippen molar-refractivity contribution < 1.29 is 54.4 Å². The molecule has 4 rings (SSSR count). The molecule has 2 aliphatic carbocycles. The number of rotatable bonds is 12. The molecule has 4 fully saturated rings. The van der Waals surface area contributed by atoms with E-state index in [-0.39, 0.29) is 19.3 Å². The number of nitrogens with two attached hydrogens (primary N) is 5. The van der Waals surface area contributed by atoms with Crippen molar-refractivity contribution in [3.63, 3.8) is 0 Å². The molecular formula is C25H49N7O11. The third-order valence-corrected chi connectivity index (χ3v) is 8.74. The highest BCUT2D eigenvalue weighted by molar-refractivity contribution is 5.89. The second kappa shape index (κ2) is 14.5. The van der Waals surface area contributed by atoms with Crippen molar-refractivity contribution >= 4 is 5.91 Å². The number of nitrogens with one attached hydrogen (secondary N) is 2. The molecule has 18 heteroatoms. The Morgan fingerprint density at radius 3 is 2.19 bits per heavy atom. The van der Waals surface area contributed by atoms with Gasteiger partial charge in [-0.3, -0.25) is 4.79 Å². The van der Waals surface area contributed by atoms with Crippen LogP contribution in [0.25, 0.3) is 0 Å². The van der Waals surface area contributed by atoms with E-state index in [9.17, 15) is 35.4 Å². The summed E-state index contributed by atoms with van der Waals surface area (Å²) in [5.41, 5.74) is 28.0. The van der Waals surface area contributed by atoms with E-state index in [2.05, 4.69) is 10.6 Å². The largest absolute Gasteiger partial charge is 0.394 e. The smallest absolute Gasteiger partial charge is 0.253 e. The van der Waals surface area contributed by atoms with Crippen LogP contribution in [0, 0.1) is 0 Å². The molecule has 0 bridgehead atoms. The number of aliphatic hydroxyl groups is 6. The van der Waals surface area contributed by atoms with Crippen molar-refractivity contribution in [2.45, 2.75) is 123 Å². The van der Waals surface area contributed by atoms with E-state index in [1.165, 1.54) is 0 Å². The minimum Gasteiger partial charge on any atom is -0.394 e. The van der Waals surface area contributed by atoms with Gasteiger partial charge in [0.05, 0.1) is 36.9 Å². The van der Waals surface area contributed by atoms with Crippen LogP contribution < -0.4 is 39.3 Å². The van der Waals surface area contributed by atoms with Gasteiger partial charge in [-0.05, 0) is 32.4 Å². The van der Waals surface area contributed by atoms with E-state index in [4.69, 9.17) is 47.6 Å². The summed E-state index contributed by atoms with van der Waals surface area (Å²) in [7, 11) is 0. The first-order valence-corrected chi connectivity index (χ1v) is 14.7. The predicted octanol–water partition coefficient (Wildman–Crippen LogP) is -7.70. The van der Waals surface area contributed by atoms with Crippen molar-refractivity contribution in [1.82, 2.24) is 10.6 Å². The third-order valence-electron chi connectivity index (χ3n) is 8.74. The zero-order valence-electron chi connectivity index (χ0n) is 23.9. The molecule has 0 aromatic carbocycles. The van der Waals surface area contributed by atoms with E-state index in [1.807, 2.05) is 0 Å². The minimum absolute atomic E-state index is 0.0287. The molecule has 16 atom stereocenters. The zero-order chi connectivity index (χ0) is 31.6. The van der Waals surface area contributed by atoms with Gasteiger partial charge in [0.1, 0.15) is 36.6 Å². The molecule has 2 aliphatic heterocycles. The lowest BCUT2D eigenvalue weighted by Gasteiger charge is -2.48. The Labute approximate surface area is 249 Å². The monoisotopic (exact) mass is 623 g/mol. The van der Waals surface area contributed by atoms with Gasteiger partial charge in [0.15, 0.2) is 18.2 Å². The Bertz CT molecular complexity index is 927. The van der Waals surface area contributed by atoms with Gasteiger partial charge in [0, 0.05) is 25.0 Å². The van der Waals surface area contributed by atoms with Gasteiger partial charge < -0.3 is 88.9 Å². The zero-order valence-corrected chi connectivity index (χ0v) is 23.9. The van der Waals surface area contributed by atoms with Gasteiger partial charge in [0.25, 0.3) is 5.91 Å². The molecule has 250 valence electrons. The predicted molar refractivity (Wildman–Crippen MR) is 147 cm³/mol. The lowest BCUT2D eigenvalue weighted by Crippen LogP contribution is -2.69. The fraction of sp³-hybridized carbons (Fsp3) is 0.960. The van der Waals surface area contributed by atoms with E-state index < -0.39 is 110 Å². The summed E-state index contributed by atoms with van der Waals surface area (Å²) < 4.78 is 23.6. The summed E-state index contributed by atoms with van der Waals surface area (Å²) in [5, 5.41) is 68.8. The van der Waals surface area contributed by atoms with Crippen molar-refractivity contribution in [2.24, 2.45) is 28.7 Å². The molecule has 1 amide bonds. The molecular weight excluding hydrogens is 574 g/mol. The average Bonchev–Trinajstić information content (AvgIpc) is 3.59. The van der Waals surface area contributed by atoms with Crippen LogP contribution in [0.3, 0.4) is 0 Å². The Morgan fingerprint density at radius 2 is 1.56 bits per heavy atom. The lowest BCUT2D eigenvalue weighted by atomic mass is 9.83. The topological polar surface area (TPSA) is 330 Å². The van der Waals surface area contributed by atoms with Crippen LogP contribution in [0.4, 0.5) is 0 Å². The summed E-state index contributed by atoms with van der Waals surface area (Å²) in [6, 6.07) is -4.73. The molecule has 3 unspecified atom stereocenters. The van der Waals surface area contributed by atoms with Crippen LogP contribution in [-0.2, 0) is 23.7 Å². The summed E-state index contributed by atoms with van der Waals surface area (Å²) in [6.45, 7) is 0.780. The van der Waals surface area contributed by atoms with Crippen LogP contribution in [0.5, 0.6) is 0 Å². The number of hydrogen-bond acceptors (Lipinski definition) is 17. The van der Waals surface area contributed by atoms with Crippen LogP contribution in [0.2, 0.25) is 0 Å². The molecule has 43 heavy (non-hydrogen) atoms. The molecule has 0 aromatic rings. The maximum Gasteiger partial charge on any atom is 0.253 e. The molecule has 0 aromatic heterocycles. The summed E-state index contributed by atoms with van der Waals surface area (Å²) in [4.78, 5) is 12.9. The summed E-state index contributed by atoms with van der Waals surface area (Å²) >= 11 is 0. The summed E-state index contributed by atoms with van der Waals surface area (Å²) in [5.74, 6) is -0.792. The van der Waals surface area contributed by atoms with Gasteiger partial charge >= 0.3 is 0 Å². The molecule has 2 saturated heterocycles. The minimum atomic E-state index is -1.79. The molecule has 18 N–H and O–H groups in total. The van der Waals surface area contributed by atoms with Crippen molar-refractivity contribution in [3.05, 3.63) is 0 Å². The molecule has 4 aliphatic rings. The Morgan fingerprint density at radius 1 is 0.907 bits per heavy atom. The van der Waals surface area contributed by atoms with Crippen molar-refractivity contribution in [1.29, 1.82) is 0 Å². The highest BCUT2D eigenvalue weighted by Crippen LogP contribution is 2.36. The highest BCUT2D eigenvalue weighted by Gasteiger charge is 2.59. The first-order valence-electron chi connectivity index (χ1n) is 14.7. The Kier molecular flexibility index (Phi) is 11.7. The number of carbonyl (C=O) groups excluding carboxylic acids is 1. The van der Waals surface area contributed by atoms with E-state index >= 15 is 0 Å².